The Hall–Kier alpha value is -2.35. The minimum atomic E-state index is -4.44. The Labute approximate surface area is 158 Å². The minimum absolute atomic E-state index is 0.164. The van der Waals surface area contributed by atoms with E-state index in [0.29, 0.717) is 35.3 Å². The normalized spacial score (nSPS) is 14.7. The Morgan fingerprint density at radius 1 is 1.11 bits per heavy atom. The molecule has 9 heteroatoms. The van der Waals surface area contributed by atoms with Crippen LogP contribution in [0.2, 0.25) is 5.02 Å². The molecular formula is C18H16ClF3N4O. The summed E-state index contributed by atoms with van der Waals surface area (Å²) in [6, 6.07) is 8.46. The maximum atomic E-state index is 12.9. The molecule has 5 nitrogen and oxygen atoms in total. The van der Waals surface area contributed by atoms with Crippen molar-refractivity contribution in [2.75, 3.05) is 0 Å². The number of aromatic nitrogens is 4. The van der Waals surface area contributed by atoms with Crippen molar-refractivity contribution in [3.8, 4) is 0 Å². The van der Waals surface area contributed by atoms with Gasteiger partial charge in [0.2, 0.25) is 11.8 Å². The number of alkyl halides is 3. The van der Waals surface area contributed by atoms with E-state index < -0.39 is 11.9 Å². The monoisotopic (exact) mass is 396 g/mol. The molecule has 0 amide bonds. The molecule has 142 valence electrons. The first kappa shape index (κ1) is 18.0. The summed E-state index contributed by atoms with van der Waals surface area (Å²) in [6.07, 6.45) is -1.85. The first-order valence-electron chi connectivity index (χ1n) is 8.59. The molecule has 2 heterocycles. The van der Waals surface area contributed by atoms with E-state index >= 15 is 0 Å². The van der Waals surface area contributed by atoms with Crippen LogP contribution in [0, 0.1) is 0 Å². The van der Waals surface area contributed by atoms with Crippen molar-refractivity contribution in [1.82, 2.24) is 20.0 Å². The van der Waals surface area contributed by atoms with Gasteiger partial charge in [0.05, 0.1) is 6.42 Å². The summed E-state index contributed by atoms with van der Waals surface area (Å²) in [5.74, 6) is 0.993. The summed E-state index contributed by atoms with van der Waals surface area (Å²) in [5, 5.41) is 12.4. The van der Waals surface area contributed by atoms with Gasteiger partial charge in [0, 0.05) is 29.6 Å². The van der Waals surface area contributed by atoms with Crippen molar-refractivity contribution in [2.45, 2.75) is 44.3 Å². The Balaban J connectivity index is 1.43. The zero-order valence-electron chi connectivity index (χ0n) is 14.2. The van der Waals surface area contributed by atoms with Gasteiger partial charge in [-0.25, -0.2) is 0 Å². The van der Waals surface area contributed by atoms with Gasteiger partial charge in [0.15, 0.2) is 5.69 Å². The van der Waals surface area contributed by atoms with Gasteiger partial charge >= 0.3 is 6.18 Å². The van der Waals surface area contributed by atoms with Crippen LogP contribution in [0.4, 0.5) is 13.2 Å². The van der Waals surface area contributed by atoms with Crippen LogP contribution in [0.5, 0.6) is 0 Å². The summed E-state index contributed by atoms with van der Waals surface area (Å²) < 4.78 is 45.8. The van der Waals surface area contributed by atoms with Gasteiger partial charge in [-0.05, 0) is 36.6 Å². The van der Waals surface area contributed by atoms with Crippen molar-refractivity contribution in [1.29, 1.82) is 0 Å². The van der Waals surface area contributed by atoms with E-state index in [1.54, 1.807) is 12.1 Å². The summed E-state index contributed by atoms with van der Waals surface area (Å²) >= 11 is 5.86. The molecule has 1 aromatic carbocycles. The third-order valence-electron chi connectivity index (χ3n) is 4.41. The van der Waals surface area contributed by atoms with Gasteiger partial charge in [-0.3, -0.25) is 4.68 Å². The fourth-order valence-corrected chi connectivity index (χ4v) is 3.02. The van der Waals surface area contributed by atoms with Crippen molar-refractivity contribution in [3.63, 3.8) is 0 Å². The number of nitrogens with zero attached hydrogens (tertiary/aromatic N) is 4. The van der Waals surface area contributed by atoms with Crippen LogP contribution in [-0.4, -0.2) is 20.0 Å². The molecule has 0 bridgehead atoms. The van der Waals surface area contributed by atoms with Gasteiger partial charge in [-0.15, -0.1) is 10.2 Å². The summed E-state index contributed by atoms with van der Waals surface area (Å²) in [6.45, 7) is 0.268. The van der Waals surface area contributed by atoms with Crippen molar-refractivity contribution in [2.24, 2.45) is 0 Å². The predicted octanol–water partition coefficient (Wildman–Crippen LogP) is 4.65. The molecule has 1 saturated carbocycles. The van der Waals surface area contributed by atoms with E-state index in [-0.39, 0.29) is 12.5 Å². The first-order valence-corrected chi connectivity index (χ1v) is 8.97. The molecule has 1 fully saturated rings. The van der Waals surface area contributed by atoms with Gasteiger partial charge in [-0.2, -0.15) is 18.3 Å². The number of benzene rings is 1. The molecule has 3 aromatic rings. The molecule has 27 heavy (non-hydrogen) atoms. The minimum Gasteiger partial charge on any atom is -0.425 e. The second-order valence-electron chi connectivity index (χ2n) is 6.59. The highest BCUT2D eigenvalue weighted by molar-refractivity contribution is 6.30. The molecule has 0 unspecified atom stereocenters. The molecule has 0 atom stereocenters. The molecule has 0 N–H and O–H groups in total. The lowest BCUT2D eigenvalue weighted by Crippen LogP contribution is -2.10. The Morgan fingerprint density at radius 2 is 1.81 bits per heavy atom. The van der Waals surface area contributed by atoms with Crippen molar-refractivity contribution >= 4 is 11.6 Å². The van der Waals surface area contributed by atoms with Crippen LogP contribution in [0.15, 0.2) is 34.7 Å². The molecule has 0 saturated heterocycles. The number of hydrogen-bond donors (Lipinski definition) is 0. The van der Waals surface area contributed by atoms with Crippen LogP contribution in [-0.2, 0) is 25.6 Å². The van der Waals surface area contributed by atoms with Crippen LogP contribution < -0.4 is 0 Å². The second kappa shape index (κ2) is 6.99. The van der Waals surface area contributed by atoms with E-state index in [9.17, 15) is 13.2 Å². The molecule has 2 aromatic heterocycles. The Bertz CT molecular complexity index is 929. The highest BCUT2D eigenvalue weighted by Crippen LogP contribution is 2.42. The first-order chi connectivity index (χ1) is 12.9. The smallest absolute Gasteiger partial charge is 0.425 e. The number of hydrogen-bond acceptors (Lipinski definition) is 4. The van der Waals surface area contributed by atoms with Crippen LogP contribution in [0.1, 0.15) is 47.5 Å². The third kappa shape index (κ3) is 4.32. The molecule has 1 aliphatic rings. The molecule has 0 radical (unpaired) electrons. The molecular weight excluding hydrogens is 381 g/mol. The fraction of sp³-hybridized carbons (Fsp3) is 0.389. The zero-order chi connectivity index (χ0) is 19.0. The lowest BCUT2D eigenvalue weighted by atomic mass is 10.1. The Morgan fingerprint density at radius 3 is 2.48 bits per heavy atom. The summed E-state index contributed by atoms with van der Waals surface area (Å²) in [4.78, 5) is 0. The quantitative estimate of drug-likeness (QED) is 0.608. The maximum absolute atomic E-state index is 12.9. The molecule has 0 spiro atoms. The number of rotatable bonds is 6. The summed E-state index contributed by atoms with van der Waals surface area (Å²) in [5.41, 5.74) is 0.758. The van der Waals surface area contributed by atoms with Crippen LogP contribution in [0.25, 0.3) is 0 Å². The molecule has 4 rings (SSSR count). The van der Waals surface area contributed by atoms with Gasteiger partial charge in [0.25, 0.3) is 0 Å². The average Bonchev–Trinajstić information content (AvgIpc) is 3.20. The lowest BCUT2D eigenvalue weighted by molar-refractivity contribution is -0.141. The van der Waals surface area contributed by atoms with Crippen molar-refractivity contribution in [3.05, 3.63) is 64.1 Å². The van der Waals surface area contributed by atoms with E-state index in [0.717, 1.165) is 24.5 Å². The Kier molecular flexibility index (Phi) is 4.67. The molecule has 1 aliphatic carbocycles. The van der Waals surface area contributed by atoms with Gasteiger partial charge < -0.3 is 4.42 Å². The fourth-order valence-electron chi connectivity index (χ4n) is 2.90. The van der Waals surface area contributed by atoms with Crippen molar-refractivity contribution < 1.29 is 17.6 Å². The van der Waals surface area contributed by atoms with Crippen LogP contribution >= 0.6 is 11.6 Å². The zero-order valence-corrected chi connectivity index (χ0v) is 15.0. The number of halogens is 4. The standard InChI is InChI=1S/C18H16ClF3N4O/c19-13-5-1-11(2-6-13)9-17-24-23-16(27-17)7-8-26-14(12-3-4-12)10-15(25-26)18(20,21)22/h1-2,5-6,10,12H,3-4,7-9H2. The third-order valence-corrected chi connectivity index (χ3v) is 4.66. The van der Waals surface area contributed by atoms with Gasteiger partial charge in [-0.1, -0.05) is 23.7 Å². The largest absolute Gasteiger partial charge is 0.435 e. The highest BCUT2D eigenvalue weighted by Gasteiger charge is 2.37. The SMILES string of the molecule is FC(F)(F)c1cc(C2CC2)n(CCc2nnc(Cc3ccc(Cl)cc3)o2)n1. The molecule has 0 aliphatic heterocycles. The lowest BCUT2D eigenvalue weighted by Gasteiger charge is -2.04. The van der Waals surface area contributed by atoms with Crippen LogP contribution in [0.3, 0.4) is 0 Å². The summed E-state index contributed by atoms with van der Waals surface area (Å²) in [7, 11) is 0. The maximum Gasteiger partial charge on any atom is 0.435 e. The van der Waals surface area contributed by atoms with E-state index in [1.165, 1.54) is 4.68 Å². The average molecular weight is 397 g/mol. The van der Waals surface area contributed by atoms with E-state index in [1.807, 2.05) is 12.1 Å². The number of aryl methyl sites for hydroxylation is 2. The van der Waals surface area contributed by atoms with E-state index in [2.05, 4.69) is 15.3 Å². The predicted molar refractivity (Wildman–Crippen MR) is 91.5 cm³/mol. The topological polar surface area (TPSA) is 56.7 Å². The highest BCUT2D eigenvalue weighted by atomic mass is 35.5. The van der Waals surface area contributed by atoms with Gasteiger partial charge in [0.1, 0.15) is 0 Å². The second-order valence-corrected chi connectivity index (χ2v) is 7.03. The van der Waals surface area contributed by atoms with E-state index in [4.69, 9.17) is 16.0 Å².